The highest BCUT2D eigenvalue weighted by Crippen LogP contribution is 2.24. The van der Waals surface area contributed by atoms with Gasteiger partial charge in [-0.2, -0.15) is 0 Å². The Morgan fingerprint density at radius 3 is 2.53 bits per heavy atom. The van der Waals surface area contributed by atoms with E-state index in [1.54, 1.807) is 6.20 Å². The van der Waals surface area contributed by atoms with Crippen molar-refractivity contribution in [2.75, 3.05) is 6.61 Å². The minimum atomic E-state index is -0.247. The Bertz CT molecular complexity index is 390. The van der Waals surface area contributed by atoms with Gasteiger partial charge >= 0.3 is 0 Å². The van der Waals surface area contributed by atoms with E-state index in [9.17, 15) is 10.2 Å². The van der Waals surface area contributed by atoms with Gasteiger partial charge < -0.3 is 20.1 Å². The summed E-state index contributed by atoms with van der Waals surface area (Å²) in [5, 5.41) is 27.6. The van der Waals surface area contributed by atoms with Crippen LogP contribution in [0.15, 0.2) is 18.3 Å². The summed E-state index contributed by atoms with van der Waals surface area (Å²) >= 11 is 0. The fourth-order valence-corrected chi connectivity index (χ4v) is 1.49. The highest BCUT2D eigenvalue weighted by atomic mass is 16.5. The van der Waals surface area contributed by atoms with Gasteiger partial charge in [0.15, 0.2) is 11.9 Å². The molecular weight excluding hydrogens is 222 g/mol. The van der Waals surface area contributed by atoms with Crippen LogP contribution in [0.25, 0.3) is 0 Å². The molecule has 5 heteroatoms. The van der Waals surface area contributed by atoms with E-state index in [0.717, 1.165) is 0 Å². The number of ether oxygens (including phenoxy) is 1. The lowest BCUT2D eigenvalue weighted by atomic mass is 10.1. The number of hydrogen-bond acceptors (Lipinski definition) is 4. The number of rotatable bonds is 6. The monoisotopic (exact) mass is 240 g/mol. The van der Waals surface area contributed by atoms with Crippen molar-refractivity contribution < 1.29 is 25.0 Å². The molecule has 1 rings (SSSR count). The van der Waals surface area contributed by atoms with Crippen molar-refractivity contribution in [1.29, 1.82) is 0 Å². The lowest BCUT2D eigenvalue weighted by molar-refractivity contribution is -0.397. The SMILES string of the molecule is C/C=C/COc1c(CO)[nH+]cc(CO)c1CO. The van der Waals surface area contributed by atoms with Gasteiger partial charge in [0.2, 0.25) is 5.69 Å². The highest BCUT2D eigenvalue weighted by Gasteiger charge is 2.19. The number of H-pyrrole nitrogens is 1. The maximum absolute atomic E-state index is 9.30. The van der Waals surface area contributed by atoms with Crippen molar-refractivity contribution in [2.24, 2.45) is 0 Å². The first kappa shape index (κ1) is 13.6. The Kier molecular flexibility index (Phi) is 5.62. The average Bonchev–Trinajstić information content (AvgIpc) is 2.38. The van der Waals surface area contributed by atoms with E-state index in [1.807, 2.05) is 19.1 Å². The van der Waals surface area contributed by atoms with Crippen LogP contribution in [0, 0.1) is 0 Å². The molecule has 0 aliphatic rings. The molecule has 94 valence electrons. The summed E-state index contributed by atoms with van der Waals surface area (Å²) in [6, 6.07) is 0. The van der Waals surface area contributed by atoms with Crippen LogP contribution in [-0.2, 0) is 19.8 Å². The number of aliphatic hydroxyl groups excluding tert-OH is 3. The van der Waals surface area contributed by atoms with Gasteiger partial charge in [-0.25, -0.2) is 4.98 Å². The highest BCUT2D eigenvalue weighted by molar-refractivity contribution is 5.39. The smallest absolute Gasteiger partial charge is 0.248 e. The molecule has 0 fully saturated rings. The maximum Gasteiger partial charge on any atom is 0.248 e. The Labute approximate surface area is 100 Å². The average molecular weight is 240 g/mol. The van der Waals surface area contributed by atoms with Crippen LogP contribution in [0.4, 0.5) is 0 Å². The molecule has 4 N–H and O–H groups in total. The summed E-state index contributed by atoms with van der Waals surface area (Å²) < 4.78 is 5.48. The Balaban J connectivity index is 3.10. The molecule has 0 aromatic carbocycles. The largest absolute Gasteiger partial charge is 0.483 e. The number of aromatic amines is 1. The topological polar surface area (TPSA) is 84.1 Å². The first-order valence-corrected chi connectivity index (χ1v) is 5.40. The second kappa shape index (κ2) is 7.01. The van der Waals surface area contributed by atoms with Crippen molar-refractivity contribution in [1.82, 2.24) is 0 Å². The van der Waals surface area contributed by atoms with E-state index < -0.39 is 0 Å². The zero-order valence-electron chi connectivity index (χ0n) is 9.81. The van der Waals surface area contributed by atoms with Crippen LogP contribution in [0.2, 0.25) is 0 Å². The number of aliphatic hydroxyl groups is 3. The van der Waals surface area contributed by atoms with Gasteiger partial charge in [-0.05, 0) is 6.92 Å². The molecule has 0 radical (unpaired) electrons. The predicted molar refractivity (Wildman–Crippen MR) is 61.1 cm³/mol. The third-order valence-electron chi connectivity index (χ3n) is 2.40. The maximum atomic E-state index is 9.30. The van der Waals surface area contributed by atoms with Gasteiger partial charge in [0.25, 0.3) is 0 Å². The molecule has 0 amide bonds. The van der Waals surface area contributed by atoms with E-state index in [-0.39, 0.29) is 19.8 Å². The first-order chi connectivity index (χ1) is 8.28. The molecule has 1 heterocycles. The van der Waals surface area contributed by atoms with Crippen molar-refractivity contribution >= 4 is 0 Å². The summed E-state index contributed by atoms with van der Waals surface area (Å²) in [6.07, 6.45) is 5.21. The standard InChI is InChI=1S/C12H17NO4/c1-2-3-4-17-12-10(7-15)9(6-14)5-13-11(12)8-16/h2-3,5,14-16H,4,6-8H2,1H3/p+1/b3-2+. The number of aromatic nitrogens is 1. The molecule has 0 bridgehead atoms. The van der Waals surface area contributed by atoms with Crippen LogP contribution >= 0.6 is 0 Å². The summed E-state index contributed by atoms with van der Waals surface area (Å²) in [5.41, 5.74) is 1.54. The van der Waals surface area contributed by atoms with E-state index in [2.05, 4.69) is 4.98 Å². The van der Waals surface area contributed by atoms with E-state index >= 15 is 0 Å². The third kappa shape index (κ3) is 3.26. The Morgan fingerprint density at radius 2 is 2.00 bits per heavy atom. The number of pyridine rings is 1. The minimum absolute atomic E-state index is 0.196. The molecule has 0 atom stereocenters. The minimum Gasteiger partial charge on any atom is -0.483 e. The van der Waals surface area contributed by atoms with E-state index in [0.29, 0.717) is 29.2 Å². The predicted octanol–water partition coefficient (Wildman–Crippen LogP) is -0.0675. The van der Waals surface area contributed by atoms with Gasteiger partial charge in [-0.15, -0.1) is 0 Å². The summed E-state index contributed by atoms with van der Waals surface area (Å²) in [7, 11) is 0. The van der Waals surface area contributed by atoms with Crippen LogP contribution in [0.3, 0.4) is 0 Å². The van der Waals surface area contributed by atoms with Gasteiger partial charge in [0, 0.05) is 5.56 Å². The third-order valence-corrected chi connectivity index (χ3v) is 2.40. The normalized spacial score (nSPS) is 11.1. The number of nitrogens with one attached hydrogen (secondary N) is 1. The molecule has 0 unspecified atom stereocenters. The summed E-state index contributed by atoms with van der Waals surface area (Å²) in [4.78, 5) is 2.84. The fourth-order valence-electron chi connectivity index (χ4n) is 1.49. The molecule has 0 saturated heterocycles. The summed E-state index contributed by atoms with van der Waals surface area (Å²) in [6.45, 7) is 1.56. The molecule has 1 aromatic rings. The molecule has 5 nitrogen and oxygen atoms in total. The lowest BCUT2D eigenvalue weighted by Gasteiger charge is -2.11. The Hall–Kier alpha value is -1.43. The van der Waals surface area contributed by atoms with Crippen molar-refractivity contribution in [3.05, 3.63) is 35.2 Å². The molecule has 17 heavy (non-hydrogen) atoms. The molecular formula is C12H18NO4+. The van der Waals surface area contributed by atoms with Crippen molar-refractivity contribution in [3.63, 3.8) is 0 Å². The fraction of sp³-hybridized carbons (Fsp3) is 0.417. The molecule has 1 aromatic heterocycles. The molecule has 0 saturated carbocycles. The molecule has 0 aliphatic carbocycles. The van der Waals surface area contributed by atoms with E-state index in [1.165, 1.54) is 0 Å². The second-order valence-corrected chi connectivity index (χ2v) is 3.45. The number of hydrogen-bond donors (Lipinski definition) is 3. The van der Waals surface area contributed by atoms with Crippen LogP contribution in [0.1, 0.15) is 23.7 Å². The van der Waals surface area contributed by atoms with Crippen molar-refractivity contribution in [2.45, 2.75) is 26.7 Å². The van der Waals surface area contributed by atoms with Crippen LogP contribution in [-0.4, -0.2) is 21.9 Å². The zero-order valence-corrected chi connectivity index (χ0v) is 9.81. The zero-order chi connectivity index (χ0) is 12.7. The molecule has 0 spiro atoms. The second-order valence-electron chi connectivity index (χ2n) is 3.45. The van der Waals surface area contributed by atoms with Gasteiger partial charge in [-0.1, -0.05) is 12.2 Å². The van der Waals surface area contributed by atoms with E-state index in [4.69, 9.17) is 9.84 Å². The summed E-state index contributed by atoms with van der Waals surface area (Å²) in [5.74, 6) is 0.402. The first-order valence-electron chi connectivity index (χ1n) is 5.40. The van der Waals surface area contributed by atoms with Gasteiger partial charge in [-0.3, -0.25) is 0 Å². The quantitative estimate of drug-likeness (QED) is 0.608. The lowest BCUT2D eigenvalue weighted by Crippen LogP contribution is -2.18. The van der Waals surface area contributed by atoms with Gasteiger partial charge in [0.1, 0.15) is 13.2 Å². The van der Waals surface area contributed by atoms with Crippen LogP contribution < -0.4 is 9.72 Å². The Morgan fingerprint density at radius 1 is 1.24 bits per heavy atom. The van der Waals surface area contributed by atoms with Crippen molar-refractivity contribution in [3.8, 4) is 5.75 Å². The van der Waals surface area contributed by atoms with Gasteiger partial charge in [0.05, 0.1) is 18.8 Å². The van der Waals surface area contributed by atoms with Crippen LogP contribution in [0.5, 0.6) is 5.75 Å². The number of allylic oxidation sites excluding steroid dienone is 1. The molecule has 0 aliphatic heterocycles.